The Balaban J connectivity index is 2.38. The van der Waals surface area contributed by atoms with Crippen molar-refractivity contribution in [3.05, 3.63) is 0 Å². The van der Waals surface area contributed by atoms with Crippen LogP contribution in [0.15, 0.2) is 0 Å². The van der Waals surface area contributed by atoms with Crippen molar-refractivity contribution >= 4 is 0 Å². The minimum absolute atomic E-state index is 0.0961. The first-order valence-corrected chi connectivity index (χ1v) is 5.52. The van der Waals surface area contributed by atoms with E-state index < -0.39 is 0 Å². The van der Waals surface area contributed by atoms with Crippen LogP contribution in [0.3, 0.4) is 0 Å². The highest BCUT2D eigenvalue weighted by Crippen LogP contribution is 2.27. The van der Waals surface area contributed by atoms with Crippen LogP contribution in [0, 0.1) is 5.92 Å². The molecule has 3 unspecified atom stereocenters. The lowest BCUT2D eigenvalue weighted by atomic mass is 9.83. The third kappa shape index (κ3) is 3.23. The zero-order chi connectivity index (χ0) is 10.6. The second kappa shape index (κ2) is 5.69. The molecule has 0 spiro atoms. The summed E-state index contributed by atoms with van der Waals surface area (Å²) in [7, 11) is 3.85. The molecule has 0 aromatic rings. The maximum Gasteiger partial charge on any atom is 0.0589 e. The Labute approximate surface area is 87.1 Å². The van der Waals surface area contributed by atoms with E-state index in [2.05, 4.69) is 18.9 Å². The van der Waals surface area contributed by atoms with Gasteiger partial charge >= 0.3 is 0 Å². The van der Waals surface area contributed by atoms with E-state index in [9.17, 15) is 5.11 Å². The van der Waals surface area contributed by atoms with Crippen LogP contribution >= 0.6 is 0 Å². The van der Waals surface area contributed by atoms with Crippen molar-refractivity contribution in [2.75, 3.05) is 27.3 Å². The van der Waals surface area contributed by atoms with Gasteiger partial charge in [-0.2, -0.15) is 0 Å². The van der Waals surface area contributed by atoms with E-state index in [1.54, 1.807) is 7.11 Å². The molecule has 1 N–H and O–H groups in total. The third-order valence-corrected chi connectivity index (χ3v) is 3.34. The van der Waals surface area contributed by atoms with Gasteiger partial charge in [-0.3, -0.25) is 0 Å². The first-order valence-electron chi connectivity index (χ1n) is 5.52. The van der Waals surface area contributed by atoms with Gasteiger partial charge in [-0.1, -0.05) is 6.92 Å². The molecule has 0 saturated heterocycles. The van der Waals surface area contributed by atoms with Crippen molar-refractivity contribution in [3.63, 3.8) is 0 Å². The average Bonchev–Trinajstić information content (AvgIpc) is 2.18. The summed E-state index contributed by atoms with van der Waals surface area (Å²) >= 11 is 0. The molecule has 0 aromatic carbocycles. The third-order valence-electron chi connectivity index (χ3n) is 3.34. The van der Waals surface area contributed by atoms with Gasteiger partial charge in [0.25, 0.3) is 0 Å². The van der Waals surface area contributed by atoms with Gasteiger partial charge in [-0.25, -0.2) is 0 Å². The summed E-state index contributed by atoms with van der Waals surface area (Å²) in [4.78, 5) is 2.32. The van der Waals surface area contributed by atoms with Gasteiger partial charge < -0.3 is 14.7 Å². The van der Waals surface area contributed by atoms with Crippen LogP contribution in [0.5, 0.6) is 0 Å². The van der Waals surface area contributed by atoms with Gasteiger partial charge in [0, 0.05) is 19.7 Å². The molecular weight excluding hydrogens is 178 g/mol. The Morgan fingerprint density at radius 2 is 2.14 bits per heavy atom. The lowest BCUT2D eigenvalue weighted by molar-refractivity contribution is 0.0332. The lowest BCUT2D eigenvalue weighted by Gasteiger charge is -2.38. The molecule has 1 saturated carbocycles. The van der Waals surface area contributed by atoms with Gasteiger partial charge in [0.1, 0.15) is 0 Å². The highest BCUT2D eigenvalue weighted by Gasteiger charge is 2.28. The van der Waals surface area contributed by atoms with Gasteiger partial charge in [-0.05, 0) is 32.2 Å². The first-order chi connectivity index (χ1) is 6.65. The van der Waals surface area contributed by atoms with E-state index in [1.165, 1.54) is 0 Å². The molecule has 3 nitrogen and oxygen atoms in total. The van der Waals surface area contributed by atoms with E-state index in [0.717, 1.165) is 32.4 Å². The quantitative estimate of drug-likeness (QED) is 0.739. The van der Waals surface area contributed by atoms with E-state index >= 15 is 0 Å². The normalized spacial score (nSPS) is 33.6. The molecule has 0 aromatic heterocycles. The van der Waals surface area contributed by atoms with E-state index in [1.807, 2.05) is 0 Å². The van der Waals surface area contributed by atoms with Crippen molar-refractivity contribution in [2.24, 2.45) is 5.92 Å². The summed E-state index contributed by atoms with van der Waals surface area (Å²) in [6.07, 6.45) is 2.93. The summed E-state index contributed by atoms with van der Waals surface area (Å²) in [6.45, 7) is 4.01. The number of aliphatic hydroxyl groups excluding tert-OH is 1. The minimum atomic E-state index is -0.0961. The number of ether oxygens (including phenoxy) is 1. The van der Waals surface area contributed by atoms with E-state index in [0.29, 0.717) is 12.0 Å². The summed E-state index contributed by atoms with van der Waals surface area (Å²) in [6, 6.07) is 0.522. The minimum Gasteiger partial charge on any atom is -0.393 e. The zero-order valence-electron chi connectivity index (χ0n) is 9.57. The maximum atomic E-state index is 9.61. The number of nitrogens with zero attached hydrogens (tertiary/aromatic N) is 1. The molecule has 0 radical (unpaired) electrons. The van der Waals surface area contributed by atoms with Gasteiger partial charge in [0.05, 0.1) is 12.7 Å². The number of likely N-dealkylation sites (N-methyl/N-ethyl adjacent to an activating group) is 1. The van der Waals surface area contributed by atoms with Crippen molar-refractivity contribution in [1.82, 2.24) is 4.90 Å². The fourth-order valence-corrected chi connectivity index (χ4v) is 2.29. The summed E-state index contributed by atoms with van der Waals surface area (Å²) < 4.78 is 5.06. The van der Waals surface area contributed by atoms with Crippen molar-refractivity contribution in [2.45, 2.75) is 38.3 Å². The summed E-state index contributed by atoms with van der Waals surface area (Å²) in [5.41, 5.74) is 0. The van der Waals surface area contributed by atoms with Gasteiger partial charge in [0.2, 0.25) is 0 Å². The lowest BCUT2D eigenvalue weighted by Crippen LogP contribution is -2.44. The maximum absolute atomic E-state index is 9.61. The van der Waals surface area contributed by atoms with Crippen molar-refractivity contribution in [3.8, 4) is 0 Å². The highest BCUT2D eigenvalue weighted by molar-refractivity contribution is 4.83. The molecule has 0 amide bonds. The largest absolute Gasteiger partial charge is 0.393 e. The van der Waals surface area contributed by atoms with Crippen molar-refractivity contribution in [1.29, 1.82) is 0 Å². The number of hydrogen-bond acceptors (Lipinski definition) is 3. The molecule has 0 heterocycles. The molecule has 14 heavy (non-hydrogen) atoms. The van der Waals surface area contributed by atoms with Crippen LogP contribution in [0.25, 0.3) is 0 Å². The smallest absolute Gasteiger partial charge is 0.0589 e. The fourth-order valence-electron chi connectivity index (χ4n) is 2.29. The van der Waals surface area contributed by atoms with Gasteiger partial charge in [0.15, 0.2) is 0 Å². The Bertz CT molecular complexity index is 163. The van der Waals surface area contributed by atoms with Crippen LogP contribution in [0.2, 0.25) is 0 Å². The predicted octanol–water partition coefficient (Wildman–Crippen LogP) is 1.11. The topological polar surface area (TPSA) is 32.7 Å². The van der Waals surface area contributed by atoms with Crippen LogP contribution in [-0.2, 0) is 4.74 Å². The summed E-state index contributed by atoms with van der Waals surface area (Å²) in [5.74, 6) is 0.695. The predicted molar refractivity (Wildman–Crippen MR) is 57.3 cm³/mol. The first kappa shape index (κ1) is 12.0. The Morgan fingerprint density at radius 3 is 2.79 bits per heavy atom. The average molecular weight is 201 g/mol. The van der Waals surface area contributed by atoms with Crippen molar-refractivity contribution < 1.29 is 9.84 Å². The van der Waals surface area contributed by atoms with Crippen LogP contribution in [0.4, 0.5) is 0 Å². The monoisotopic (exact) mass is 201 g/mol. The zero-order valence-corrected chi connectivity index (χ0v) is 9.57. The second-order valence-corrected chi connectivity index (χ2v) is 4.48. The Kier molecular flexibility index (Phi) is 4.85. The number of rotatable bonds is 4. The van der Waals surface area contributed by atoms with Crippen LogP contribution in [0.1, 0.15) is 26.2 Å². The van der Waals surface area contributed by atoms with Crippen LogP contribution < -0.4 is 0 Å². The number of hydrogen-bond donors (Lipinski definition) is 1. The molecule has 1 fully saturated rings. The molecule has 0 bridgehead atoms. The van der Waals surface area contributed by atoms with E-state index in [-0.39, 0.29) is 6.10 Å². The molecule has 0 aliphatic heterocycles. The number of methoxy groups -OCH3 is 1. The Morgan fingerprint density at radius 1 is 1.43 bits per heavy atom. The molecule has 1 aliphatic carbocycles. The molecule has 3 heteroatoms. The second-order valence-electron chi connectivity index (χ2n) is 4.48. The fraction of sp³-hybridized carbons (Fsp3) is 1.00. The molecule has 1 aliphatic rings. The Hall–Kier alpha value is -0.120. The van der Waals surface area contributed by atoms with Crippen LogP contribution in [-0.4, -0.2) is 49.5 Å². The van der Waals surface area contributed by atoms with Gasteiger partial charge in [-0.15, -0.1) is 0 Å². The number of aliphatic hydroxyl groups is 1. The molecule has 1 rings (SSSR count). The molecular formula is C11H23NO2. The SMILES string of the molecule is COCCN(C)C1CC(O)CCC1C. The molecule has 84 valence electrons. The standard InChI is InChI=1S/C11H23NO2/c1-9-4-5-10(13)8-11(9)12(2)6-7-14-3/h9-11,13H,4-8H2,1-3H3. The molecule has 3 atom stereocenters. The summed E-state index contributed by atoms with van der Waals surface area (Å²) in [5, 5.41) is 9.61. The van der Waals surface area contributed by atoms with E-state index in [4.69, 9.17) is 4.74 Å². The highest BCUT2D eigenvalue weighted by atomic mass is 16.5.